The molecule has 7 heteroatoms. The number of piperidine rings is 1. The highest BCUT2D eigenvalue weighted by Crippen LogP contribution is 2.38. The molecule has 4 aromatic rings. The van der Waals surface area contributed by atoms with E-state index in [0.29, 0.717) is 11.8 Å². The molecule has 0 saturated carbocycles. The minimum absolute atomic E-state index is 0.0865. The van der Waals surface area contributed by atoms with Crippen LogP contribution < -0.4 is 0 Å². The lowest BCUT2D eigenvalue weighted by Crippen LogP contribution is -2.39. The number of benzene rings is 1. The number of H-pyrrole nitrogens is 1. The fraction of sp³-hybridized carbons (Fsp3) is 0.423. The highest BCUT2D eigenvalue weighted by molar-refractivity contribution is 5.92. The second-order valence-corrected chi connectivity index (χ2v) is 9.40. The monoisotopic (exact) mass is 445 g/mol. The van der Waals surface area contributed by atoms with Crippen LogP contribution in [-0.2, 0) is 9.53 Å². The lowest BCUT2D eigenvalue weighted by Gasteiger charge is -2.32. The quantitative estimate of drug-likeness (QED) is 0.485. The average molecular weight is 446 g/mol. The predicted octanol–water partition coefficient (Wildman–Crippen LogP) is 4.66. The zero-order valence-corrected chi connectivity index (χ0v) is 19.8. The molecule has 1 saturated heterocycles. The molecule has 33 heavy (non-hydrogen) atoms. The number of carbonyl (C=O) groups excluding carboxylic acids is 1. The van der Waals surface area contributed by atoms with Crippen LogP contribution in [0.15, 0.2) is 36.8 Å². The highest BCUT2D eigenvalue weighted by atomic mass is 16.5. The Morgan fingerprint density at radius 2 is 2.03 bits per heavy atom. The summed E-state index contributed by atoms with van der Waals surface area (Å²) in [5, 5.41) is 5.64. The van der Waals surface area contributed by atoms with E-state index in [2.05, 4.69) is 66.3 Å². The molecule has 5 rings (SSSR count). The van der Waals surface area contributed by atoms with Crippen LogP contribution in [0.4, 0.5) is 0 Å². The summed E-state index contributed by atoms with van der Waals surface area (Å²) in [5.41, 5.74) is 8.11. The Morgan fingerprint density at radius 1 is 1.24 bits per heavy atom. The molecular weight excluding hydrogens is 414 g/mol. The number of likely N-dealkylation sites (tertiary alicyclic amines) is 1. The summed E-state index contributed by atoms with van der Waals surface area (Å²) in [4.78, 5) is 22.1. The van der Waals surface area contributed by atoms with Gasteiger partial charge in [0, 0.05) is 42.9 Å². The summed E-state index contributed by atoms with van der Waals surface area (Å²) in [6.45, 7) is 8.32. The number of methoxy groups -OCH3 is 1. The van der Waals surface area contributed by atoms with E-state index in [-0.39, 0.29) is 12.5 Å². The molecule has 0 aliphatic carbocycles. The summed E-state index contributed by atoms with van der Waals surface area (Å²) in [6, 6.07) is 9.01. The molecule has 1 aliphatic heterocycles. The summed E-state index contributed by atoms with van der Waals surface area (Å²) in [5.74, 6) is 0.917. The summed E-state index contributed by atoms with van der Waals surface area (Å²) >= 11 is 0. The molecule has 172 valence electrons. The van der Waals surface area contributed by atoms with Gasteiger partial charge in [-0.15, -0.1) is 0 Å². The molecule has 0 atom stereocenters. The van der Waals surface area contributed by atoms with E-state index in [1.165, 1.54) is 16.5 Å². The number of nitrogens with one attached hydrogen (secondary N) is 1. The van der Waals surface area contributed by atoms with Crippen molar-refractivity contribution in [1.82, 2.24) is 24.5 Å². The normalized spacial score (nSPS) is 15.2. The minimum atomic E-state index is 0.0865. The Morgan fingerprint density at radius 3 is 2.76 bits per heavy atom. The summed E-state index contributed by atoms with van der Waals surface area (Å²) in [7, 11) is 1.57. The number of ether oxygens (including phenoxy) is 1. The van der Waals surface area contributed by atoms with Crippen molar-refractivity contribution in [2.75, 3.05) is 26.8 Å². The molecule has 7 nitrogen and oxygen atoms in total. The molecule has 4 heterocycles. The number of pyridine rings is 1. The molecule has 1 N–H and O–H groups in total. The predicted molar refractivity (Wildman–Crippen MR) is 130 cm³/mol. The van der Waals surface area contributed by atoms with Gasteiger partial charge >= 0.3 is 0 Å². The van der Waals surface area contributed by atoms with E-state index in [0.717, 1.165) is 53.9 Å². The number of nitrogens with zero attached hydrogens (tertiary/aromatic N) is 4. The van der Waals surface area contributed by atoms with Gasteiger partial charge in [-0.05, 0) is 66.5 Å². The standard InChI is InChI=1S/C26H31N5O2/c1-16(2)24-21-12-19(18-7-9-30(10-8-18)23(32)14-33-4)5-6-22(21)29-25(24)20-11-17(3)26-27-15-28-31(26)13-20/h5-6,11-13,15-16,18,29H,7-10,14H2,1-4H3. The molecule has 0 radical (unpaired) electrons. The minimum Gasteiger partial charge on any atom is -0.375 e. The van der Waals surface area contributed by atoms with Crippen molar-refractivity contribution in [3.63, 3.8) is 0 Å². The van der Waals surface area contributed by atoms with Crippen molar-refractivity contribution < 1.29 is 9.53 Å². The zero-order chi connectivity index (χ0) is 23.1. The maximum absolute atomic E-state index is 12.1. The number of amides is 1. The highest BCUT2D eigenvalue weighted by Gasteiger charge is 2.25. The van der Waals surface area contributed by atoms with Gasteiger partial charge in [0.1, 0.15) is 12.9 Å². The van der Waals surface area contributed by atoms with Crippen molar-refractivity contribution in [1.29, 1.82) is 0 Å². The molecule has 1 fully saturated rings. The van der Waals surface area contributed by atoms with Crippen molar-refractivity contribution in [3.05, 3.63) is 53.5 Å². The first-order chi connectivity index (χ1) is 16.0. The van der Waals surface area contributed by atoms with E-state index in [1.54, 1.807) is 13.4 Å². The first kappa shape index (κ1) is 21.6. The Labute approximate surface area is 193 Å². The van der Waals surface area contributed by atoms with E-state index in [4.69, 9.17) is 4.74 Å². The van der Waals surface area contributed by atoms with E-state index < -0.39 is 0 Å². The number of rotatable bonds is 5. The van der Waals surface area contributed by atoms with Gasteiger partial charge in [-0.25, -0.2) is 9.50 Å². The van der Waals surface area contributed by atoms with Crippen molar-refractivity contribution >= 4 is 22.5 Å². The van der Waals surface area contributed by atoms with Gasteiger partial charge < -0.3 is 14.6 Å². The van der Waals surface area contributed by atoms with E-state index in [9.17, 15) is 4.79 Å². The third-order valence-corrected chi connectivity index (χ3v) is 6.87. The number of hydrogen-bond acceptors (Lipinski definition) is 4. The van der Waals surface area contributed by atoms with Crippen LogP contribution in [0, 0.1) is 6.92 Å². The first-order valence-electron chi connectivity index (χ1n) is 11.7. The number of aromatic nitrogens is 4. The van der Waals surface area contributed by atoms with Gasteiger partial charge in [0.2, 0.25) is 5.91 Å². The molecule has 1 aromatic carbocycles. The number of fused-ring (bicyclic) bond motifs is 2. The topological polar surface area (TPSA) is 75.5 Å². The Bertz CT molecular complexity index is 1310. The van der Waals surface area contributed by atoms with Crippen LogP contribution in [0.5, 0.6) is 0 Å². The fourth-order valence-corrected chi connectivity index (χ4v) is 5.22. The number of carbonyl (C=O) groups is 1. The Kier molecular flexibility index (Phi) is 5.66. The second-order valence-electron chi connectivity index (χ2n) is 9.40. The molecule has 0 unspecified atom stereocenters. The Balaban J connectivity index is 1.50. The second kappa shape index (κ2) is 8.63. The van der Waals surface area contributed by atoms with Gasteiger partial charge in [-0.3, -0.25) is 4.79 Å². The molecule has 0 bridgehead atoms. The van der Waals surface area contributed by atoms with Crippen molar-refractivity contribution in [2.45, 2.75) is 45.4 Å². The summed E-state index contributed by atoms with van der Waals surface area (Å²) < 4.78 is 6.87. The van der Waals surface area contributed by atoms with Gasteiger partial charge in [-0.1, -0.05) is 19.9 Å². The fourth-order valence-electron chi connectivity index (χ4n) is 5.22. The third kappa shape index (κ3) is 3.91. The lowest BCUT2D eigenvalue weighted by molar-refractivity contribution is -0.136. The Hall–Kier alpha value is -3.19. The van der Waals surface area contributed by atoms with Crippen LogP contribution in [0.1, 0.15) is 55.2 Å². The molecule has 3 aromatic heterocycles. The van der Waals surface area contributed by atoms with Crippen LogP contribution in [0.2, 0.25) is 0 Å². The largest absolute Gasteiger partial charge is 0.375 e. The van der Waals surface area contributed by atoms with E-state index >= 15 is 0 Å². The summed E-state index contributed by atoms with van der Waals surface area (Å²) in [6.07, 6.45) is 5.62. The lowest BCUT2D eigenvalue weighted by atomic mass is 9.87. The van der Waals surface area contributed by atoms with Gasteiger partial charge in [-0.2, -0.15) is 5.10 Å². The number of aromatic amines is 1. The maximum Gasteiger partial charge on any atom is 0.248 e. The van der Waals surface area contributed by atoms with Crippen LogP contribution in [0.25, 0.3) is 27.8 Å². The van der Waals surface area contributed by atoms with Crippen LogP contribution >= 0.6 is 0 Å². The third-order valence-electron chi connectivity index (χ3n) is 6.87. The number of aryl methyl sites for hydroxylation is 1. The van der Waals surface area contributed by atoms with Crippen molar-refractivity contribution in [2.24, 2.45) is 0 Å². The van der Waals surface area contributed by atoms with Crippen molar-refractivity contribution in [3.8, 4) is 11.3 Å². The average Bonchev–Trinajstić information content (AvgIpc) is 3.44. The van der Waals surface area contributed by atoms with Crippen LogP contribution in [0.3, 0.4) is 0 Å². The SMILES string of the molecule is COCC(=O)N1CCC(c2ccc3[nH]c(-c4cc(C)c5ncnn5c4)c(C(C)C)c3c2)CC1. The van der Waals surface area contributed by atoms with E-state index in [1.807, 2.05) is 9.42 Å². The van der Waals surface area contributed by atoms with Crippen LogP contribution in [-0.4, -0.2) is 57.2 Å². The van der Waals surface area contributed by atoms with Gasteiger partial charge in [0.05, 0.1) is 5.69 Å². The smallest absolute Gasteiger partial charge is 0.248 e. The van der Waals surface area contributed by atoms with Gasteiger partial charge in [0.15, 0.2) is 5.65 Å². The maximum atomic E-state index is 12.1. The molecule has 1 amide bonds. The molecule has 0 spiro atoms. The zero-order valence-electron chi connectivity index (χ0n) is 19.8. The molecule has 1 aliphatic rings. The number of hydrogen-bond donors (Lipinski definition) is 1. The first-order valence-corrected chi connectivity index (χ1v) is 11.7. The molecular formula is C26H31N5O2. The van der Waals surface area contributed by atoms with Gasteiger partial charge in [0.25, 0.3) is 0 Å².